The Bertz CT molecular complexity index is 1180. The monoisotopic (exact) mass is 446 g/mol. The van der Waals surface area contributed by atoms with Crippen molar-refractivity contribution in [3.05, 3.63) is 77.3 Å². The Morgan fingerprint density at radius 1 is 0.933 bits per heavy atom. The van der Waals surface area contributed by atoms with Crippen LogP contribution in [0.1, 0.15) is 10.4 Å². The van der Waals surface area contributed by atoms with E-state index in [0.29, 0.717) is 11.4 Å². The van der Waals surface area contributed by atoms with Crippen LogP contribution in [-0.4, -0.2) is 28.5 Å². The summed E-state index contributed by atoms with van der Waals surface area (Å²) in [6, 6.07) is 17.3. The van der Waals surface area contributed by atoms with Gasteiger partial charge in [-0.15, -0.1) is 0 Å². The molecule has 3 rings (SSSR count). The van der Waals surface area contributed by atoms with Gasteiger partial charge in [-0.3, -0.25) is 9.52 Å². The first-order valence-corrected chi connectivity index (χ1v) is 10.6. The van der Waals surface area contributed by atoms with Crippen LogP contribution in [0.2, 0.25) is 5.02 Å². The lowest BCUT2D eigenvalue weighted by Gasteiger charge is -2.13. The molecule has 2 N–H and O–H groups in total. The smallest absolute Gasteiger partial charge is 0.262 e. The summed E-state index contributed by atoms with van der Waals surface area (Å²) >= 11 is 6.03. The number of benzene rings is 3. The number of halogens is 1. The first kappa shape index (κ1) is 21.5. The minimum Gasteiger partial charge on any atom is -0.493 e. The fourth-order valence-corrected chi connectivity index (χ4v) is 4.12. The maximum absolute atomic E-state index is 12.7. The van der Waals surface area contributed by atoms with Gasteiger partial charge >= 0.3 is 0 Å². The topological polar surface area (TPSA) is 93.7 Å². The molecule has 9 heteroatoms. The second-order valence-electron chi connectivity index (χ2n) is 6.11. The summed E-state index contributed by atoms with van der Waals surface area (Å²) in [5.74, 6) is 0.214. The molecule has 0 fully saturated rings. The van der Waals surface area contributed by atoms with Gasteiger partial charge in [0.1, 0.15) is 0 Å². The van der Waals surface area contributed by atoms with Crippen molar-refractivity contribution >= 4 is 38.9 Å². The number of para-hydroxylation sites is 2. The zero-order valence-electron chi connectivity index (χ0n) is 16.2. The molecule has 3 aromatic carbocycles. The highest BCUT2D eigenvalue weighted by atomic mass is 35.5. The van der Waals surface area contributed by atoms with Crippen molar-refractivity contribution in [2.24, 2.45) is 0 Å². The Morgan fingerprint density at radius 3 is 2.37 bits per heavy atom. The van der Waals surface area contributed by atoms with Gasteiger partial charge in [-0.25, -0.2) is 8.42 Å². The third-order valence-electron chi connectivity index (χ3n) is 4.17. The quantitative estimate of drug-likeness (QED) is 0.560. The van der Waals surface area contributed by atoms with Gasteiger partial charge < -0.3 is 14.8 Å². The van der Waals surface area contributed by atoms with E-state index in [0.717, 1.165) is 0 Å². The molecule has 0 bridgehead atoms. The number of carbonyl (C=O) groups is 1. The average molecular weight is 447 g/mol. The van der Waals surface area contributed by atoms with Crippen LogP contribution in [0.25, 0.3) is 0 Å². The van der Waals surface area contributed by atoms with Gasteiger partial charge in [0.25, 0.3) is 15.9 Å². The molecule has 30 heavy (non-hydrogen) atoms. The highest BCUT2D eigenvalue weighted by Gasteiger charge is 2.19. The van der Waals surface area contributed by atoms with Crippen molar-refractivity contribution in [1.82, 2.24) is 0 Å². The number of ether oxygens (including phenoxy) is 2. The lowest BCUT2D eigenvalue weighted by molar-refractivity contribution is 0.102. The largest absolute Gasteiger partial charge is 0.493 e. The van der Waals surface area contributed by atoms with Gasteiger partial charge in [0, 0.05) is 5.69 Å². The maximum Gasteiger partial charge on any atom is 0.262 e. The van der Waals surface area contributed by atoms with E-state index in [2.05, 4.69) is 10.0 Å². The second kappa shape index (κ2) is 9.06. The van der Waals surface area contributed by atoms with Gasteiger partial charge in [0.15, 0.2) is 11.5 Å². The Morgan fingerprint density at radius 2 is 1.67 bits per heavy atom. The van der Waals surface area contributed by atoms with E-state index >= 15 is 0 Å². The molecule has 156 valence electrons. The van der Waals surface area contributed by atoms with Crippen LogP contribution in [0.3, 0.4) is 0 Å². The predicted octanol–water partition coefficient (Wildman–Crippen LogP) is 4.41. The Hall–Kier alpha value is -3.23. The number of sulfonamides is 1. The number of methoxy groups -OCH3 is 2. The SMILES string of the molecule is COc1cccc(C(=O)Nc2cccc(S(=O)(=O)Nc3ccccc3Cl)c2)c1OC. The summed E-state index contributed by atoms with van der Waals surface area (Å²) in [4.78, 5) is 12.7. The maximum atomic E-state index is 12.7. The predicted molar refractivity (Wildman–Crippen MR) is 116 cm³/mol. The molecule has 0 heterocycles. The molecule has 0 saturated carbocycles. The number of anilines is 2. The molecule has 0 unspecified atom stereocenters. The van der Waals surface area contributed by atoms with Crippen LogP contribution in [0.5, 0.6) is 11.5 Å². The third kappa shape index (κ3) is 4.67. The summed E-state index contributed by atoms with van der Waals surface area (Å²) in [5, 5.41) is 2.95. The number of hydrogen-bond donors (Lipinski definition) is 2. The van der Waals surface area contributed by atoms with Crippen LogP contribution in [0.15, 0.2) is 71.6 Å². The molecule has 0 spiro atoms. The van der Waals surface area contributed by atoms with Gasteiger partial charge in [-0.2, -0.15) is 0 Å². The molecule has 3 aromatic rings. The average Bonchev–Trinajstić information content (AvgIpc) is 2.74. The summed E-state index contributed by atoms with van der Waals surface area (Å²) < 4.78 is 38.4. The molecule has 0 atom stereocenters. The van der Waals surface area contributed by atoms with Crippen LogP contribution in [0, 0.1) is 0 Å². The number of carbonyl (C=O) groups excluding carboxylic acids is 1. The highest BCUT2D eigenvalue weighted by Crippen LogP contribution is 2.31. The van der Waals surface area contributed by atoms with Crippen molar-refractivity contribution in [2.75, 3.05) is 24.3 Å². The van der Waals surface area contributed by atoms with Crippen LogP contribution in [0.4, 0.5) is 11.4 Å². The fraction of sp³-hybridized carbons (Fsp3) is 0.0952. The fourth-order valence-electron chi connectivity index (χ4n) is 2.75. The van der Waals surface area contributed by atoms with Crippen molar-refractivity contribution in [3.63, 3.8) is 0 Å². The van der Waals surface area contributed by atoms with Crippen molar-refractivity contribution in [3.8, 4) is 11.5 Å². The number of amides is 1. The van der Waals surface area contributed by atoms with Crippen LogP contribution < -0.4 is 19.5 Å². The van der Waals surface area contributed by atoms with Gasteiger partial charge in [-0.1, -0.05) is 35.9 Å². The zero-order chi connectivity index (χ0) is 21.7. The molecular weight excluding hydrogens is 428 g/mol. The van der Waals surface area contributed by atoms with Gasteiger partial charge in [0.05, 0.1) is 35.4 Å². The summed E-state index contributed by atoms with van der Waals surface area (Å²) in [6.07, 6.45) is 0. The lowest BCUT2D eigenvalue weighted by Crippen LogP contribution is -2.16. The first-order chi connectivity index (χ1) is 14.4. The number of nitrogens with one attached hydrogen (secondary N) is 2. The van der Waals surface area contributed by atoms with Crippen LogP contribution >= 0.6 is 11.6 Å². The minimum atomic E-state index is -3.91. The zero-order valence-corrected chi connectivity index (χ0v) is 17.8. The van der Waals surface area contributed by atoms with E-state index in [1.807, 2.05) is 0 Å². The van der Waals surface area contributed by atoms with Gasteiger partial charge in [-0.05, 0) is 42.5 Å². The van der Waals surface area contributed by atoms with E-state index in [-0.39, 0.29) is 26.9 Å². The minimum absolute atomic E-state index is 0.0298. The Balaban J connectivity index is 1.86. The van der Waals surface area contributed by atoms with Crippen molar-refractivity contribution in [2.45, 2.75) is 4.90 Å². The van der Waals surface area contributed by atoms with E-state index < -0.39 is 15.9 Å². The van der Waals surface area contributed by atoms with E-state index in [4.69, 9.17) is 21.1 Å². The molecule has 7 nitrogen and oxygen atoms in total. The first-order valence-electron chi connectivity index (χ1n) is 8.75. The number of hydrogen-bond acceptors (Lipinski definition) is 5. The molecule has 0 aromatic heterocycles. The van der Waals surface area contributed by atoms with Crippen molar-refractivity contribution in [1.29, 1.82) is 0 Å². The molecule has 0 aliphatic rings. The lowest BCUT2D eigenvalue weighted by atomic mass is 10.1. The summed E-state index contributed by atoms with van der Waals surface area (Å²) in [7, 11) is -1.01. The van der Waals surface area contributed by atoms with E-state index in [1.165, 1.54) is 32.4 Å². The molecule has 0 saturated heterocycles. The second-order valence-corrected chi connectivity index (χ2v) is 8.20. The number of rotatable bonds is 7. The van der Waals surface area contributed by atoms with Crippen molar-refractivity contribution < 1.29 is 22.7 Å². The Labute approximate surface area is 179 Å². The molecule has 0 aliphatic carbocycles. The Kier molecular flexibility index (Phi) is 6.49. The summed E-state index contributed by atoms with van der Waals surface area (Å²) in [6.45, 7) is 0. The standard InChI is InChI=1S/C21H19ClN2O5S/c1-28-19-12-6-9-16(20(19)29-2)21(25)23-14-7-5-8-15(13-14)30(26,27)24-18-11-4-3-10-17(18)22/h3-13,24H,1-2H3,(H,23,25). The molecule has 1 amide bonds. The normalized spacial score (nSPS) is 10.9. The third-order valence-corrected chi connectivity index (χ3v) is 5.86. The van der Waals surface area contributed by atoms with E-state index in [1.54, 1.807) is 48.5 Å². The molecular formula is C21H19ClN2O5S. The summed E-state index contributed by atoms with van der Waals surface area (Å²) in [5.41, 5.74) is 0.806. The highest BCUT2D eigenvalue weighted by molar-refractivity contribution is 7.92. The van der Waals surface area contributed by atoms with Gasteiger partial charge in [0.2, 0.25) is 0 Å². The molecule has 0 radical (unpaired) electrons. The molecule has 0 aliphatic heterocycles. The van der Waals surface area contributed by atoms with Crippen LogP contribution in [-0.2, 0) is 10.0 Å². The van der Waals surface area contributed by atoms with E-state index in [9.17, 15) is 13.2 Å².